The van der Waals surface area contributed by atoms with E-state index in [1.165, 1.54) is 11.8 Å². The van der Waals surface area contributed by atoms with E-state index in [1.807, 2.05) is 36.6 Å². The Labute approximate surface area is 162 Å². The monoisotopic (exact) mass is 395 g/mol. The third-order valence-electron chi connectivity index (χ3n) is 4.04. The molecule has 0 spiro atoms. The van der Waals surface area contributed by atoms with Crippen LogP contribution in [0.15, 0.2) is 23.4 Å². The highest BCUT2D eigenvalue weighted by molar-refractivity contribution is 7.99. The first-order valence-electron chi connectivity index (χ1n) is 8.53. The summed E-state index contributed by atoms with van der Waals surface area (Å²) in [5, 5.41) is 12.7. The topological polar surface area (TPSA) is 72.3 Å². The zero-order valence-corrected chi connectivity index (χ0v) is 16.4. The molecule has 2 heterocycles. The molecule has 3 rings (SSSR count). The Balaban J connectivity index is 1.62. The van der Waals surface area contributed by atoms with Gasteiger partial charge in [0.25, 0.3) is 0 Å². The molecule has 0 saturated carbocycles. The lowest BCUT2D eigenvalue weighted by atomic mass is 10.2. The van der Waals surface area contributed by atoms with Gasteiger partial charge in [0.05, 0.1) is 29.7 Å². The number of ether oxygens (including phenoxy) is 1. The largest absolute Gasteiger partial charge is 0.378 e. The van der Waals surface area contributed by atoms with Gasteiger partial charge in [-0.25, -0.2) is 0 Å². The molecule has 1 fully saturated rings. The molecule has 140 valence electrons. The number of aromatic nitrogens is 3. The van der Waals surface area contributed by atoms with Gasteiger partial charge < -0.3 is 15.0 Å². The maximum Gasteiger partial charge on any atom is 0.234 e. The van der Waals surface area contributed by atoms with Gasteiger partial charge in [-0.1, -0.05) is 29.4 Å². The molecule has 1 aromatic heterocycles. The highest BCUT2D eigenvalue weighted by Crippen LogP contribution is 2.25. The number of thioether (sulfide) groups is 1. The van der Waals surface area contributed by atoms with Gasteiger partial charge in [0.15, 0.2) is 5.16 Å². The second kappa shape index (κ2) is 8.75. The predicted molar refractivity (Wildman–Crippen MR) is 104 cm³/mol. The van der Waals surface area contributed by atoms with Crippen molar-refractivity contribution in [1.29, 1.82) is 0 Å². The van der Waals surface area contributed by atoms with Crippen molar-refractivity contribution in [1.82, 2.24) is 14.8 Å². The maximum absolute atomic E-state index is 12.3. The molecule has 0 atom stereocenters. The Kier molecular flexibility index (Phi) is 6.39. The van der Waals surface area contributed by atoms with Crippen LogP contribution in [-0.2, 0) is 16.1 Å². The van der Waals surface area contributed by atoms with Crippen molar-refractivity contribution < 1.29 is 9.53 Å². The second-order valence-electron chi connectivity index (χ2n) is 5.95. The molecule has 0 aliphatic carbocycles. The van der Waals surface area contributed by atoms with E-state index >= 15 is 0 Å². The molecule has 0 radical (unpaired) electrons. The Morgan fingerprint density at radius 3 is 2.81 bits per heavy atom. The summed E-state index contributed by atoms with van der Waals surface area (Å²) in [6.07, 6.45) is 0. The van der Waals surface area contributed by atoms with Gasteiger partial charge in [-0.15, -0.1) is 10.2 Å². The summed E-state index contributed by atoms with van der Waals surface area (Å²) in [5.41, 5.74) is 1.67. The van der Waals surface area contributed by atoms with Crippen LogP contribution in [0.1, 0.15) is 12.5 Å². The van der Waals surface area contributed by atoms with Crippen molar-refractivity contribution in [3.8, 4) is 0 Å². The first-order chi connectivity index (χ1) is 12.6. The van der Waals surface area contributed by atoms with Crippen LogP contribution in [0.5, 0.6) is 0 Å². The number of hydrogen-bond donors (Lipinski definition) is 1. The first kappa shape index (κ1) is 19.0. The Morgan fingerprint density at radius 2 is 2.12 bits per heavy atom. The summed E-state index contributed by atoms with van der Waals surface area (Å²) >= 11 is 7.53. The SMILES string of the molecule is CCn1c(SCC(=O)Nc2ccc(C)cc2Cl)nnc1N1CCOCC1. The molecular formula is C17H22ClN5O2S. The summed E-state index contributed by atoms with van der Waals surface area (Å²) in [6.45, 7) is 7.73. The molecule has 1 aliphatic rings. The zero-order valence-electron chi connectivity index (χ0n) is 14.9. The molecule has 0 unspecified atom stereocenters. The first-order valence-corrected chi connectivity index (χ1v) is 9.89. The average Bonchev–Trinajstić information content (AvgIpc) is 3.06. The quantitative estimate of drug-likeness (QED) is 0.758. The standard InChI is InChI=1S/C17H22ClN5O2S/c1-3-23-16(22-6-8-25-9-7-22)20-21-17(23)26-11-15(24)19-14-5-4-12(2)10-13(14)18/h4-5,10H,3,6-9,11H2,1-2H3,(H,19,24). The van der Waals surface area contributed by atoms with Gasteiger partial charge in [-0.05, 0) is 31.5 Å². The van der Waals surface area contributed by atoms with Crippen LogP contribution < -0.4 is 10.2 Å². The summed E-state index contributed by atoms with van der Waals surface area (Å²) in [7, 11) is 0. The van der Waals surface area contributed by atoms with Gasteiger partial charge in [0, 0.05) is 19.6 Å². The molecule has 1 N–H and O–H groups in total. The summed E-state index contributed by atoms with van der Waals surface area (Å²) < 4.78 is 7.42. The molecule has 2 aromatic rings. The minimum atomic E-state index is -0.126. The Hall–Kier alpha value is -1.77. The number of anilines is 2. The van der Waals surface area contributed by atoms with Gasteiger partial charge in [0.2, 0.25) is 11.9 Å². The van der Waals surface area contributed by atoms with E-state index in [1.54, 1.807) is 0 Å². The summed E-state index contributed by atoms with van der Waals surface area (Å²) in [5.74, 6) is 0.949. The zero-order chi connectivity index (χ0) is 18.5. The number of morpholine rings is 1. The number of nitrogens with one attached hydrogen (secondary N) is 1. The van der Waals surface area contributed by atoms with Crippen molar-refractivity contribution in [2.45, 2.75) is 25.5 Å². The molecule has 26 heavy (non-hydrogen) atoms. The van der Waals surface area contributed by atoms with E-state index in [-0.39, 0.29) is 11.7 Å². The maximum atomic E-state index is 12.3. The number of amides is 1. The number of aryl methyl sites for hydroxylation is 1. The Bertz CT molecular complexity index is 777. The normalized spacial score (nSPS) is 14.5. The molecule has 7 nitrogen and oxygen atoms in total. The van der Waals surface area contributed by atoms with Gasteiger partial charge >= 0.3 is 0 Å². The van der Waals surface area contributed by atoms with Gasteiger partial charge in [-0.3, -0.25) is 9.36 Å². The third-order valence-corrected chi connectivity index (χ3v) is 5.32. The molecule has 1 saturated heterocycles. The predicted octanol–water partition coefficient (Wildman–Crippen LogP) is 2.83. The van der Waals surface area contributed by atoms with E-state index in [0.717, 1.165) is 36.3 Å². The lowest BCUT2D eigenvalue weighted by molar-refractivity contribution is -0.113. The van der Waals surface area contributed by atoms with Crippen LogP contribution in [0.25, 0.3) is 0 Å². The van der Waals surface area contributed by atoms with Crippen molar-refractivity contribution in [2.24, 2.45) is 0 Å². The second-order valence-corrected chi connectivity index (χ2v) is 7.30. The molecule has 0 bridgehead atoms. The van der Waals surface area contributed by atoms with Gasteiger partial charge in [0.1, 0.15) is 0 Å². The fourth-order valence-electron chi connectivity index (χ4n) is 2.70. The van der Waals surface area contributed by atoms with Gasteiger partial charge in [-0.2, -0.15) is 0 Å². The minimum Gasteiger partial charge on any atom is -0.378 e. The fraction of sp³-hybridized carbons (Fsp3) is 0.471. The number of halogens is 1. The highest BCUT2D eigenvalue weighted by atomic mass is 35.5. The molecule has 1 aliphatic heterocycles. The fourth-order valence-corrected chi connectivity index (χ4v) is 3.78. The van der Waals surface area contributed by atoms with Crippen molar-refractivity contribution >= 4 is 40.9 Å². The molecule has 9 heteroatoms. The lowest BCUT2D eigenvalue weighted by Gasteiger charge is -2.27. The van der Waals surface area contributed by atoms with Crippen LogP contribution in [0, 0.1) is 6.92 Å². The third kappa shape index (κ3) is 4.49. The lowest BCUT2D eigenvalue weighted by Crippen LogP contribution is -2.38. The summed E-state index contributed by atoms with van der Waals surface area (Å²) in [4.78, 5) is 14.4. The van der Waals surface area contributed by atoms with Crippen LogP contribution in [-0.4, -0.2) is 52.7 Å². The van der Waals surface area contributed by atoms with Crippen molar-refractivity contribution in [3.63, 3.8) is 0 Å². The summed E-state index contributed by atoms with van der Waals surface area (Å²) in [6, 6.07) is 5.55. The molecule has 1 aromatic carbocycles. The van der Waals surface area contributed by atoms with Crippen molar-refractivity contribution in [2.75, 3.05) is 42.3 Å². The highest BCUT2D eigenvalue weighted by Gasteiger charge is 2.20. The van der Waals surface area contributed by atoms with Crippen LogP contribution in [0.2, 0.25) is 5.02 Å². The number of nitrogens with zero attached hydrogens (tertiary/aromatic N) is 4. The van der Waals surface area contributed by atoms with Crippen LogP contribution >= 0.6 is 23.4 Å². The van der Waals surface area contributed by atoms with Crippen LogP contribution in [0.3, 0.4) is 0 Å². The van der Waals surface area contributed by atoms with Crippen molar-refractivity contribution in [3.05, 3.63) is 28.8 Å². The van der Waals surface area contributed by atoms with Crippen LogP contribution in [0.4, 0.5) is 11.6 Å². The molecule has 1 amide bonds. The van der Waals surface area contributed by atoms with E-state index in [4.69, 9.17) is 16.3 Å². The number of carbonyl (C=O) groups is 1. The number of rotatable bonds is 6. The Morgan fingerprint density at radius 1 is 1.35 bits per heavy atom. The number of carbonyl (C=O) groups excluding carboxylic acids is 1. The van der Waals surface area contributed by atoms with E-state index in [2.05, 4.69) is 20.4 Å². The van der Waals surface area contributed by atoms with E-state index in [0.29, 0.717) is 23.9 Å². The minimum absolute atomic E-state index is 0.126. The number of benzene rings is 1. The average molecular weight is 396 g/mol. The smallest absolute Gasteiger partial charge is 0.234 e. The molecular weight excluding hydrogens is 374 g/mol. The van der Waals surface area contributed by atoms with E-state index in [9.17, 15) is 4.79 Å². The number of hydrogen-bond acceptors (Lipinski definition) is 6. The van der Waals surface area contributed by atoms with E-state index < -0.39 is 0 Å².